The van der Waals surface area contributed by atoms with E-state index in [4.69, 9.17) is 9.47 Å². The molecule has 1 fully saturated rings. The number of benzene rings is 1. The van der Waals surface area contributed by atoms with E-state index in [0.29, 0.717) is 11.5 Å². The molecule has 116 valence electrons. The molecule has 1 N–H and O–H groups in total. The topological polar surface area (TPSA) is 43.4 Å². The first-order chi connectivity index (χ1) is 10.8. The average Bonchev–Trinajstić information content (AvgIpc) is 3.07. The molecule has 2 atom stereocenters. The summed E-state index contributed by atoms with van der Waals surface area (Å²) in [5.74, 6) is 1.25. The number of hydrogen-bond donors (Lipinski definition) is 1. The van der Waals surface area contributed by atoms with Crippen molar-refractivity contribution in [2.45, 2.75) is 12.5 Å². The smallest absolute Gasteiger partial charge is 0.162 e. The first-order valence-electron chi connectivity index (χ1n) is 7.39. The van der Waals surface area contributed by atoms with Crippen LogP contribution < -0.4 is 14.8 Å². The van der Waals surface area contributed by atoms with E-state index in [1.807, 2.05) is 24.3 Å². The van der Waals surface area contributed by atoms with E-state index in [2.05, 4.69) is 10.3 Å². The number of rotatable bonds is 5. The number of nitrogens with one attached hydrogen (secondary N) is 1. The van der Waals surface area contributed by atoms with Crippen molar-refractivity contribution < 1.29 is 13.9 Å². The highest BCUT2D eigenvalue weighted by atomic mass is 19.1. The Kier molecular flexibility index (Phi) is 4.53. The van der Waals surface area contributed by atoms with Gasteiger partial charge >= 0.3 is 0 Å². The average molecular weight is 302 g/mol. The molecule has 0 saturated carbocycles. The van der Waals surface area contributed by atoms with Crippen molar-refractivity contribution in [2.24, 2.45) is 5.92 Å². The fourth-order valence-electron chi connectivity index (χ4n) is 2.81. The molecule has 0 bridgehead atoms. The van der Waals surface area contributed by atoms with Crippen LogP contribution in [0.15, 0.2) is 42.7 Å². The van der Waals surface area contributed by atoms with Crippen LogP contribution in [0.3, 0.4) is 0 Å². The van der Waals surface area contributed by atoms with Gasteiger partial charge in [-0.3, -0.25) is 4.98 Å². The second kappa shape index (κ2) is 6.75. The minimum atomic E-state index is -0.350. The molecule has 1 saturated heterocycles. The first-order valence-corrected chi connectivity index (χ1v) is 7.39. The van der Waals surface area contributed by atoms with Crippen LogP contribution in [0.4, 0.5) is 4.39 Å². The van der Waals surface area contributed by atoms with Crippen molar-refractivity contribution in [3.63, 3.8) is 0 Å². The molecule has 1 aromatic heterocycles. The first kappa shape index (κ1) is 14.8. The number of aromatic nitrogens is 1. The largest absolute Gasteiger partial charge is 0.493 e. The van der Waals surface area contributed by atoms with E-state index in [9.17, 15) is 4.39 Å². The zero-order chi connectivity index (χ0) is 15.4. The monoisotopic (exact) mass is 302 g/mol. The van der Waals surface area contributed by atoms with Crippen molar-refractivity contribution in [1.82, 2.24) is 10.3 Å². The molecule has 3 rings (SSSR count). The Bertz CT molecular complexity index is 630. The maximum Gasteiger partial charge on any atom is 0.162 e. The molecular formula is C17H19FN2O2. The van der Waals surface area contributed by atoms with E-state index < -0.39 is 0 Å². The zero-order valence-corrected chi connectivity index (χ0v) is 12.5. The van der Waals surface area contributed by atoms with Gasteiger partial charge in [0.1, 0.15) is 11.9 Å². The Morgan fingerprint density at radius 3 is 2.77 bits per heavy atom. The third-order valence-corrected chi connectivity index (χ3v) is 3.90. The molecule has 22 heavy (non-hydrogen) atoms. The summed E-state index contributed by atoms with van der Waals surface area (Å²) in [7, 11) is 1.61. The third-order valence-electron chi connectivity index (χ3n) is 3.90. The summed E-state index contributed by atoms with van der Waals surface area (Å²) >= 11 is 0. The minimum Gasteiger partial charge on any atom is -0.493 e. The number of halogens is 1. The number of ether oxygens (including phenoxy) is 2. The molecular weight excluding hydrogens is 283 g/mol. The van der Waals surface area contributed by atoms with Crippen LogP contribution in [0, 0.1) is 11.7 Å². The number of hydrogen-bond acceptors (Lipinski definition) is 4. The van der Waals surface area contributed by atoms with Gasteiger partial charge in [0.05, 0.1) is 13.3 Å². The summed E-state index contributed by atoms with van der Waals surface area (Å²) < 4.78 is 25.1. The normalized spacial score (nSPS) is 18.9. The van der Waals surface area contributed by atoms with Gasteiger partial charge in [0.2, 0.25) is 0 Å². The van der Waals surface area contributed by atoms with Gasteiger partial charge < -0.3 is 14.8 Å². The van der Waals surface area contributed by atoms with Gasteiger partial charge in [0, 0.05) is 24.2 Å². The van der Waals surface area contributed by atoms with Gasteiger partial charge in [-0.2, -0.15) is 0 Å². The molecule has 1 aliphatic heterocycles. The van der Waals surface area contributed by atoms with Gasteiger partial charge in [0.15, 0.2) is 11.5 Å². The maximum absolute atomic E-state index is 13.5. The Balaban J connectivity index is 1.91. The Hall–Kier alpha value is -2.14. The predicted octanol–water partition coefficient (Wildman–Crippen LogP) is 2.96. The summed E-state index contributed by atoms with van der Waals surface area (Å²) in [6, 6.07) is 8.99. The second-order valence-corrected chi connectivity index (χ2v) is 5.38. The molecule has 0 spiro atoms. The Labute approximate surface area is 129 Å². The van der Waals surface area contributed by atoms with E-state index in [1.54, 1.807) is 13.3 Å². The highest BCUT2D eigenvalue weighted by molar-refractivity contribution is 5.40. The standard InChI is InChI=1S/C17H19FN2O2/c1-21-15-4-2-3-5-16(15)22-17(12-6-7-19-9-12)13-8-14(18)11-20-10-13/h2-5,8,10-12,17,19H,6-7,9H2,1H3/t12-,17-/m0/s1. The van der Waals surface area contributed by atoms with Gasteiger partial charge in [-0.05, 0) is 31.2 Å². The lowest BCUT2D eigenvalue weighted by molar-refractivity contribution is 0.138. The molecule has 0 radical (unpaired) electrons. The summed E-state index contributed by atoms with van der Waals surface area (Å²) in [5, 5.41) is 3.33. The maximum atomic E-state index is 13.5. The molecule has 5 heteroatoms. The highest BCUT2D eigenvalue weighted by Crippen LogP contribution is 2.36. The number of pyridine rings is 1. The summed E-state index contributed by atoms with van der Waals surface area (Å²) in [6.45, 7) is 1.79. The molecule has 4 nitrogen and oxygen atoms in total. The number of nitrogens with zero attached hydrogens (tertiary/aromatic N) is 1. The summed E-state index contributed by atoms with van der Waals surface area (Å²) in [4.78, 5) is 3.95. The lowest BCUT2D eigenvalue weighted by atomic mass is 9.96. The fourth-order valence-corrected chi connectivity index (χ4v) is 2.81. The van der Waals surface area contributed by atoms with Gasteiger partial charge in [-0.15, -0.1) is 0 Å². The van der Waals surface area contributed by atoms with Crippen LogP contribution in [-0.4, -0.2) is 25.2 Å². The Morgan fingerprint density at radius 2 is 2.09 bits per heavy atom. The van der Waals surface area contributed by atoms with Gasteiger partial charge in [-0.25, -0.2) is 4.39 Å². The predicted molar refractivity (Wildman–Crippen MR) is 81.5 cm³/mol. The number of para-hydroxylation sites is 2. The van der Waals surface area contributed by atoms with Crippen LogP contribution in [0.2, 0.25) is 0 Å². The molecule has 1 aromatic carbocycles. The van der Waals surface area contributed by atoms with E-state index in [0.717, 1.165) is 25.1 Å². The van der Waals surface area contributed by atoms with Crippen molar-refractivity contribution in [3.05, 3.63) is 54.1 Å². The molecule has 1 aliphatic rings. The van der Waals surface area contributed by atoms with Crippen LogP contribution in [-0.2, 0) is 0 Å². The molecule has 2 aromatic rings. The van der Waals surface area contributed by atoms with E-state index in [-0.39, 0.29) is 17.8 Å². The van der Waals surface area contributed by atoms with Crippen molar-refractivity contribution >= 4 is 0 Å². The Morgan fingerprint density at radius 1 is 1.27 bits per heavy atom. The SMILES string of the molecule is COc1ccccc1O[C@H](c1cncc(F)c1)[C@H]1CCNC1. The van der Waals surface area contributed by atoms with Gasteiger partial charge in [-0.1, -0.05) is 12.1 Å². The molecule has 2 heterocycles. The second-order valence-electron chi connectivity index (χ2n) is 5.38. The highest BCUT2D eigenvalue weighted by Gasteiger charge is 2.29. The van der Waals surface area contributed by atoms with E-state index >= 15 is 0 Å². The van der Waals surface area contributed by atoms with Crippen molar-refractivity contribution in [1.29, 1.82) is 0 Å². The van der Waals surface area contributed by atoms with Crippen LogP contribution in [0.1, 0.15) is 18.1 Å². The van der Waals surface area contributed by atoms with E-state index in [1.165, 1.54) is 12.3 Å². The van der Waals surface area contributed by atoms with Crippen LogP contribution in [0.25, 0.3) is 0 Å². The molecule has 0 amide bonds. The third kappa shape index (κ3) is 3.20. The van der Waals surface area contributed by atoms with Crippen LogP contribution >= 0.6 is 0 Å². The molecule has 0 aliphatic carbocycles. The quantitative estimate of drug-likeness (QED) is 0.922. The van der Waals surface area contributed by atoms with Crippen molar-refractivity contribution in [3.8, 4) is 11.5 Å². The lowest BCUT2D eigenvalue weighted by Crippen LogP contribution is -2.22. The van der Waals surface area contributed by atoms with Crippen molar-refractivity contribution in [2.75, 3.05) is 20.2 Å². The summed E-state index contributed by atoms with van der Waals surface area (Å²) in [5.41, 5.74) is 0.750. The lowest BCUT2D eigenvalue weighted by Gasteiger charge is -2.25. The molecule has 0 unspecified atom stereocenters. The van der Waals surface area contributed by atoms with Crippen LogP contribution in [0.5, 0.6) is 11.5 Å². The van der Waals surface area contributed by atoms with Gasteiger partial charge in [0.25, 0.3) is 0 Å². The minimum absolute atomic E-state index is 0.255. The zero-order valence-electron chi connectivity index (χ0n) is 12.5. The fraction of sp³-hybridized carbons (Fsp3) is 0.353. The number of methoxy groups -OCH3 is 1. The summed E-state index contributed by atoms with van der Waals surface area (Å²) in [6.07, 6.45) is 3.60.